The molecule has 0 aliphatic carbocycles. The van der Waals surface area contributed by atoms with Gasteiger partial charge in [-0.15, -0.1) is 10.2 Å². The van der Waals surface area contributed by atoms with Gasteiger partial charge < -0.3 is 14.4 Å². The van der Waals surface area contributed by atoms with Crippen LogP contribution >= 0.6 is 55.1 Å². The lowest BCUT2D eigenvalue weighted by Crippen LogP contribution is -2.08. The molecule has 0 saturated heterocycles. The van der Waals surface area contributed by atoms with Crippen LogP contribution in [0.15, 0.2) is 49.5 Å². The number of hydrogen-bond acceptors (Lipinski definition) is 4. The fraction of sp³-hybridized carbons (Fsp3) is 0.118. The van der Waals surface area contributed by atoms with Gasteiger partial charge in [-0.05, 0) is 46.3 Å². The number of ether oxygens (including phenoxy) is 1. The van der Waals surface area contributed by atoms with Gasteiger partial charge in [0, 0.05) is 26.4 Å². The van der Waals surface area contributed by atoms with Gasteiger partial charge in [-0.1, -0.05) is 39.1 Å². The summed E-state index contributed by atoms with van der Waals surface area (Å²) in [5.41, 5.74) is 0.911. The summed E-state index contributed by atoms with van der Waals surface area (Å²) >= 11 is 18.6. The van der Waals surface area contributed by atoms with Crippen LogP contribution < -0.4 is 4.74 Å². The van der Waals surface area contributed by atoms with Gasteiger partial charge in [0.1, 0.15) is 5.75 Å². The highest BCUT2D eigenvalue weighted by molar-refractivity contribution is 9.11. The van der Waals surface area contributed by atoms with Crippen LogP contribution in [0.4, 0.5) is 5.69 Å². The van der Waals surface area contributed by atoms with Gasteiger partial charge in [-0.2, -0.15) is 0 Å². The minimum atomic E-state index is -0.633. The highest BCUT2D eigenvalue weighted by atomic mass is 79.9. The predicted molar refractivity (Wildman–Crippen MR) is 111 cm³/mol. The minimum absolute atomic E-state index is 0.109. The number of rotatable bonds is 4. The molecule has 3 aromatic rings. The highest BCUT2D eigenvalue weighted by Gasteiger charge is 2.18. The number of hydrogen-bond donors (Lipinski definition) is 1. The summed E-state index contributed by atoms with van der Waals surface area (Å²) in [7, 11) is 1.68. The monoisotopic (exact) mass is 533 g/mol. The minimum Gasteiger partial charge on any atom is -0.493 e. The molecule has 140 valence electrons. The molecule has 0 aliphatic rings. The third-order valence-electron chi connectivity index (χ3n) is 3.65. The van der Waals surface area contributed by atoms with Crippen LogP contribution in [0, 0.1) is 0 Å². The van der Waals surface area contributed by atoms with Crippen molar-refractivity contribution in [2.75, 3.05) is 6.61 Å². The molecule has 0 atom stereocenters. The number of aromatic hydroxyl groups is 1. The second-order valence-corrected chi connectivity index (χ2v) is 8.09. The van der Waals surface area contributed by atoms with Gasteiger partial charge in [0.05, 0.1) is 10.5 Å². The lowest BCUT2D eigenvalue weighted by atomic mass is 10.2. The lowest BCUT2D eigenvalue weighted by molar-refractivity contribution is -0.120. The van der Waals surface area contributed by atoms with Gasteiger partial charge in [-0.3, -0.25) is 4.79 Å². The molecule has 6 nitrogen and oxygen atoms in total. The number of fused-ring (bicyclic) bond motifs is 1. The molecule has 1 N–H and O–H groups in total. The fourth-order valence-electron chi connectivity index (χ4n) is 2.44. The Morgan fingerprint density at radius 1 is 1.26 bits per heavy atom. The number of aryl methyl sites for hydroxylation is 1. The zero-order chi connectivity index (χ0) is 19.7. The van der Waals surface area contributed by atoms with Crippen molar-refractivity contribution in [3.63, 3.8) is 0 Å². The second kappa shape index (κ2) is 8.18. The summed E-state index contributed by atoms with van der Waals surface area (Å²) in [6, 6.07) is 8.29. The van der Waals surface area contributed by atoms with Crippen molar-refractivity contribution in [1.29, 1.82) is 0 Å². The molecule has 10 heteroatoms. The highest BCUT2D eigenvalue weighted by Crippen LogP contribution is 2.42. The Kier molecular flexibility index (Phi) is 6.10. The largest absolute Gasteiger partial charge is 0.493 e. The zero-order valence-electron chi connectivity index (χ0n) is 13.7. The molecule has 27 heavy (non-hydrogen) atoms. The number of halogens is 4. The number of amides is 1. The van der Waals surface area contributed by atoms with E-state index in [2.05, 4.69) is 42.1 Å². The average Bonchev–Trinajstić information content (AvgIpc) is 2.83. The smallest absolute Gasteiger partial charge is 0.302 e. The van der Waals surface area contributed by atoms with Gasteiger partial charge in [0.2, 0.25) is 5.88 Å². The van der Waals surface area contributed by atoms with Crippen molar-refractivity contribution in [3.8, 4) is 11.6 Å². The van der Waals surface area contributed by atoms with Crippen molar-refractivity contribution in [2.45, 2.75) is 0 Å². The molecule has 0 unspecified atom stereocenters. The number of aromatic nitrogens is 1. The van der Waals surface area contributed by atoms with Crippen LogP contribution in [0.1, 0.15) is 0 Å². The molecule has 1 amide bonds. The summed E-state index contributed by atoms with van der Waals surface area (Å²) in [6.45, 7) is -0.357. The normalized spacial score (nSPS) is 11.4. The standard InChI is InChI=1S/C17H11Br2Cl2N3O3/c1-24-16-10(4-8(18)5-11(16)19)15(17(24)26)23-22-14(25)7-27-13-3-2-9(20)6-12(13)21/h2-6,26H,7H2,1H3. The van der Waals surface area contributed by atoms with E-state index in [0.717, 1.165) is 14.5 Å². The van der Waals surface area contributed by atoms with Crippen LogP contribution in [0.5, 0.6) is 11.6 Å². The molecule has 3 rings (SSSR count). The number of nitrogens with zero attached hydrogens (tertiary/aromatic N) is 3. The number of carbonyl (C=O) groups is 1. The summed E-state index contributed by atoms with van der Waals surface area (Å²) in [5.74, 6) is -0.431. The number of carbonyl (C=O) groups excluding carboxylic acids is 1. The van der Waals surface area contributed by atoms with Crippen LogP contribution in [-0.4, -0.2) is 22.2 Å². The first-order chi connectivity index (χ1) is 12.8. The van der Waals surface area contributed by atoms with Crippen LogP contribution in [0.2, 0.25) is 10.0 Å². The van der Waals surface area contributed by atoms with Crippen molar-refractivity contribution < 1.29 is 14.6 Å². The molecular formula is C17H11Br2Cl2N3O3. The first kappa shape index (κ1) is 20.1. The quantitative estimate of drug-likeness (QED) is 0.392. The van der Waals surface area contributed by atoms with Crippen LogP contribution in [0.25, 0.3) is 10.9 Å². The maximum atomic E-state index is 12.0. The lowest BCUT2D eigenvalue weighted by Gasteiger charge is -2.05. The first-order valence-electron chi connectivity index (χ1n) is 7.46. The fourth-order valence-corrected chi connectivity index (χ4v) is 4.39. The molecule has 0 saturated carbocycles. The Morgan fingerprint density at radius 3 is 2.70 bits per heavy atom. The van der Waals surface area contributed by atoms with Crippen molar-refractivity contribution in [1.82, 2.24) is 4.57 Å². The van der Waals surface area contributed by atoms with Crippen molar-refractivity contribution >= 4 is 77.6 Å². The van der Waals surface area contributed by atoms with Crippen LogP contribution in [0.3, 0.4) is 0 Å². The molecule has 2 aromatic carbocycles. The molecule has 0 fully saturated rings. The molecular weight excluding hydrogens is 525 g/mol. The Hall–Kier alpha value is -1.61. The van der Waals surface area contributed by atoms with E-state index in [1.54, 1.807) is 29.8 Å². The van der Waals surface area contributed by atoms with Gasteiger partial charge >= 0.3 is 5.91 Å². The van der Waals surface area contributed by atoms with E-state index >= 15 is 0 Å². The van der Waals surface area contributed by atoms with Crippen LogP contribution in [-0.2, 0) is 11.8 Å². The maximum absolute atomic E-state index is 12.0. The zero-order valence-corrected chi connectivity index (χ0v) is 18.4. The van der Waals surface area contributed by atoms with Crippen molar-refractivity contribution in [3.05, 3.63) is 49.3 Å². The molecule has 0 aliphatic heterocycles. The van der Waals surface area contributed by atoms with E-state index in [9.17, 15) is 9.90 Å². The first-order valence-corrected chi connectivity index (χ1v) is 9.81. The Morgan fingerprint density at radius 2 is 2.00 bits per heavy atom. The Bertz CT molecular complexity index is 1080. The van der Waals surface area contributed by atoms with Gasteiger partial charge in [-0.25, -0.2) is 0 Å². The van der Waals surface area contributed by atoms with Gasteiger partial charge in [0.25, 0.3) is 0 Å². The summed E-state index contributed by atoms with van der Waals surface area (Å²) in [6.07, 6.45) is 0. The molecule has 0 bridgehead atoms. The number of azo groups is 1. The SMILES string of the molecule is Cn1c(O)c(N=NC(=O)COc2ccc(Cl)cc2Cl)c2cc(Br)cc(Br)c21. The third kappa shape index (κ3) is 4.29. The van der Waals surface area contributed by atoms with Crippen molar-refractivity contribution in [2.24, 2.45) is 17.3 Å². The molecule has 1 aromatic heterocycles. The average molecular weight is 536 g/mol. The van der Waals surface area contributed by atoms with E-state index < -0.39 is 5.91 Å². The summed E-state index contributed by atoms with van der Waals surface area (Å²) in [4.78, 5) is 12.0. The van der Waals surface area contributed by atoms with E-state index in [0.29, 0.717) is 16.2 Å². The van der Waals surface area contributed by atoms with E-state index in [1.807, 2.05) is 6.07 Å². The number of benzene rings is 2. The summed E-state index contributed by atoms with van der Waals surface area (Å²) < 4.78 is 8.43. The molecule has 0 radical (unpaired) electrons. The van der Waals surface area contributed by atoms with E-state index in [4.69, 9.17) is 27.9 Å². The maximum Gasteiger partial charge on any atom is 0.302 e. The Labute approximate surface area is 181 Å². The van der Waals surface area contributed by atoms with Gasteiger partial charge in [0.15, 0.2) is 12.3 Å². The second-order valence-electron chi connectivity index (χ2n) is 5.47. The Balaban J connectivity index is 1.81. The molecule has 1 heterocycles. The summed E-state index contributed by atoms with van der Waals surface area (Å²) in [5, 5.41) is 19.2. The van der Waals surface area contributed by atoms with E-state index in [1.165, 1.54) is 6.07 Å². The molecule has 0 spiro atoms. The third-order valence-corrected chi connectivity index (χ3v) is 5.25. The van der Waals surface area contributed by atoms with E-state index in [-0.39, 0.29) is 23.2 Å². The topological polar surface area (TPSA) is 76.2 Å². The predicted octanol–water partition coefficient (Wildman–Crippen LogP) is 6.41.